The first-order chi connectivity index (χ1) is 6.86. The van der Waals surface area contributed by atoms with Crippen molar-refractivity contribution in [2.24, 2.45) is 10.9 Å². The van der Waals surface area contributed by atoms with Crippen LogP contribution in [0.1, 0.15) is 11.1 Å². The van der Waals surface area contributed by atoms with E-state index in [1.165, 1.54) is 6.21 Å². The van der Waals surface area contributed by atoms with Crippen LogP contribution in [0.3, 0.4) is 0 Å². The van der Waals surface area contributed by atoms with Crippen molar-refractivity contribution in [3.8, 4) is 0 Å². The average molecular weight is 191 g/mol. The SMILES string of the molecule is NCO[B]Cc1ccc(/C=N/O)cc1. The molecule has 0 fully saturated rings. The van der Waals surface area contributed by atoms with Gasteiger partial charge in [0.1, 0.15) is 0 Å². The van der Waals surface area contributed by atoms with Crippen LogP contribution in [0.2, 0.25) is 0 Å². The molecule has 1 rings (SSSR count). The van der Waals surface area contributed by atoms with Crippen LogP contribution in [-0.4, -0.2) is 25.6 Å². The summed E-state index contributed by atoms with van der Waals surface area (Å²) in [4.78, 5) is 0. The summed E-state index contributed by atoms with van der Waals surface area (Å²) in [5.74, 6) is 0. The predicted octanol–water partition coefficient (Wildman–Crippen LogP) is 0.547. The van der Waals surface area contributed by atoms with E-state index in [1.54, 1.807) is 7.48 Å². The summed E-state index contributed by atoms with van der Waals surface area (Å²) in [7, 11) is 1.66. The van der Waals surface area contributed by atoms with Gasteiger partial charge < -0.3 is 15.6 Å². The highest BCUT2D eigenvalue weighted by Gasteiger charge is 1.95. The van der Waals surface area contributed by atoms with Gasteiger partial charge in [-0.1, -0.05) is 35.0 Å². The first kappa shape index (κ1) is 10.8. The van der Waals surface area contributed by atoms with Crippen molar-refractivity contribution in [2.75, 3.05) is 6.73 Å². The highest BCUT2D eigenvalue weighted by molar-refractivity contribution is 6.26. The van der Waals surface area contributed by atoms with Gasteiger partial charge in [0.15, 0.2) is 0 Å². The highest BCUT2D eigenvalue weighted by atomic mass is 16.4. The molecule has 1 aromatic rings. The van der Waals surface area contributed by atoms with E-state index in [0.717, 1.165) is 11.1 Å². The second-order valence-corrected chi connectivity index (χ2v) is 2.69. The second kappa shape index (κ2) is 6.18. The molecule has 0 aromatic heterocycles. The zero-order valence-electron chi connectivity index (χ0n) is 7.76. The molecule has 0 aliphatic rings. The predicted molar refractivity (Wildman–Crippen MR) is 55.4 cm³/mol. The minimum Gasteiger partial charge on any atom is -0.428 e. The fourth-order valence-electron chi connectivity index (χ4n) is 1.03. The van der Waals surface area contributed by atoms with E-state index in [-0.39, 0.29) is 6.73 Å². The lowest BCUT2D eigenvalue weighted by molar-refractivity contribution is 0.322. The van der Waals surface area contributed by atoms with Gasteiger partial charge >= 0.3 is 0 Å². The molecule has 0 spiro atoms. The Morgan fingerprint density at radius 2 is 2.14 bits per heavy atom. The molecule has 0 saturated carbocycles. The molecule has 5 heteroatoms. The lowest BCUT2D eigenvalue weighted by Gasteiger charge is -2.00. The van der Waals surface area contributed by atoms with Crippen LogP contribution in [-0.2, 0) is 11.0 Å². The van der Waals surface area contributed by atoms with Gasteiger partial charge in [0, 0.05) is 0 Å². The van der Waals surface area contributed by atoms with E-state index in [2.05, 4.69) is 5.16 Å². The summed E-state index contributed by atoms with van der Waals surface area (Å²) in [6.07, 6.45) is 2.09. The minimum atomic E-state index is 0.204. The first-order valence-corrected chi connectivity index (χ1v) is 4.26. The molecule has 0 atom stereocenters. The molecule has 1 aromatic carbocycles. The molecule has 0 aliphatic heterocycles. The number of oxime groups is 1. The summed E-state index contributed by atoms with van der Waals surface area (Å²) in [5, 5.41) is 11.2. The molecule has 14 heavy (non-hydrogen) atoms. The second-order valence-electron chi connectivity index (χ2n) is 2.69. The molecule has 73 valence electrons. The van der Waals surface area contributed by atoms with Crippen molar-refractivity contribution in [2.45, 2.75) is 6.32 Å². The summed E-state index contributed by atoms with van der Waals surface area (Å²) in [5.41, 5.74) is 7.13. The van der Waals surface area contributed by atoms with Crippen LogP contribution in [0.15, 0.2) is 29.4 Å². The molecule has 0 saturated heterocycles. The normalized spacial score (nSPS) is 10.6. The topological polar surface area (TPSA) is 67.8 Å². The monoisotopic (exact) mass is 191 g/mol. The number of nitrogens with zero attached hydrogens (tertiary/aromatic N) is 1. The Balaban J connectivity index is 2.46. The van der Waals surface area contributed by atoms with Crippen molar-refractivity contribution in [1.82, 2.24) is 0 Å². The van der Waals surface area contributed by atoms with Crippen LogP contribution < -0.4 is 5.73 Å². The van der Waals surface area contributed by atoms with Gasteiger partial charge in [-0.25, -0.2) is 0 Å². The fraction of sp³-hybridized carbons (Fsp3) is 0.222. The Hall–Kier alpha value is -1.33. The van der Waals surface area contributed by atoms with E-state index in [4.69, 9.17) is 15.6 Å². The molecular formula is C9H12BN2O2. The van der Waals surface area contributed by atoms with Crippen molar-refractivity contribution >= 4 is 13.7 Å². The lowest BCUT2D eigenvalue weighted by atomic mass is 9.89. The molecule has 0 amide bonds. The molecule has 4 nitrogen and oxygen atoms in total. The minimum absolute atomic E-state index is 0.204. The van der Waals surface area contributed by atoms with Gasteiger partial charge in [0.2, 0.25) is 0 Å². The van der Waals surface area contributed by atoms with Gasteiger partial charge in [0.25, 0.3) is 7.48 Å². The smallest absolute Gasteiger partial charge is 0.298 e. The van der Waals surface area contributed by atoms with E-state index >= 15 is 0 Å². The molecule has 0 unspecified atom stereocenters. The average Bonchev–Trinajstić information content (AvgIpc) is 2.21. The Kier molecular flexibility index (Phi) is 4.75. The number of nitrogens with two attached hydrogens (primary N) is 1. The fourth-order valence-corrected chi connectivity index (χ4v) is 1.03. The molecular weight excluding hydrogens is 179 g/mol. The van der Waals surface area contributed by atoms with Gasteiger partial charge in [0.05, 0.1) is 12.9 Å². The van der Waals surface area contributed by atoms with E-state index in [1.807, 2.05) is 24.3 Å². The lowest BCUT2D eigenvalue weighted by Crippen LogP contribution is -2.10. The number of hydrogen-bond acceptors (Lipinski definition) is 4. The number of hydrogen-bond donors (Lipinski definition) is 2. The third kappa shape index (κ3) is 3.59. The summed E-state index contributed by atoms with van der Waals surface area (Å²) in [6, 6.07) is 7.61. The van der Waals surface area contributed by atoms with E-state index < -0.39 is 0 Å². The van der Waals surface area contributed by atoms with Crippen molar-refractivity contribution < 1.29 is 9.86 Å². The van der Waals surface area contributed by atoms with E-state index in [0.29, 0.717) is 6.32 Å². The first-order valence-electron chi connectivity index (χ1n) is 4.26. The standard InChI is InChI=1S/C9H12BN2O2/c11-7-14-10-5-8-1-3-9(4-2-8)6-12-13/h1-4,6,13H,5,7,11H2/b12-6+. The van der Waals surface area contributed by atoms with E-state index in [9.17, 15) is 0 Å². The molecule has 3 N–H and O–H groups in total. The van der Waals surface area contributed by atoms with Crippen molar-refractivity contribution in [3.63, 3.8) is 0 Å². The van der Waals surface area contributed by atoms with Crippen LogP contribution in [0.25, 0.3) is 0 Å². The maximum atomic E-state index is 8.29. The third-order valence-corrected chi connectivity index (χ3v) is 1.72. The van der Waals surface area contributed by atoms with Gasteiger partial charge in [-0.2, -0.15) is 0 Å². The van der Waals surface area contributed by atoms with Crippen LogP contribution in [0.5, 0.6) is 0 Å². The Morgan fingerprint density at radius 3 is 2.71 bits per heavy atom. The van der Waals surface area contributed by atoms with Gasteiger partial charge in [-0.3, -0.25) is 0 Å². The van der Waals surface area contributed by atoms with Crippen LogP contribution in [0, 0.1) is 0 Å². The maximum Gasteiger partial charge on any atom is 0.298 e. The molecule has 0 heterocycles. The quantitative estimate of drug-likeness (QED) is 0.178. The summed E-state index contributed by atoms with van der Waals surface area (Å²) < 4.78 is 4.90. The summed E-state index contributed by atoms with van der Waals surface area (Å²) >= 11 is 0. The van der Waals surface area contributed by atoms with Gasteiger partial charge in [-0.05, 0) is 11.9 Å². The molecule has 1 radical (unpaired) electrons. The third-order valence-electron chi connectivity index (χ3n) is 1.72. The zero-order chi connectivity index (χ0) is 10.2. The Bertz CT molecular complexity index is 287. The van der Waals surface area contributed by atoms with Crippen molar-refractivity contribution in [1.29, 1.82) is 0 Å². The number of benzene rings is 1. The van der Waals surface area contributed by atoms with Crippen LogP contribution in [0.4, 0.5) is 0 Å². The highest BCUT2D eigenvalue weighted by Crippen LogP contribution is 2.02. The zero-order valence-corrected chi connectivity index (χ0v) is 7.76. The van der Waals surface area contributed by atoms with Crippen LogP contribution >= 0.6 is 0 Å². The largest absolute Gasteiger partial charge is 0.428 e. The summed E-state index contributed by atoms with van der Waals surface area (Å²) in [6.45, 7) is 0.204. The molecule has 0 aliphatic carbocycles. The van der Waals surface area contributed by atoms with Crippen molar-refractivity contribution in [3.05, 3.63) is 35.4 Å². The Labute approximate surface area is 83.6 Å². The Morgan fingerprint density at radius 1 is 1.43 bits per heavy atom. The number of rotatable bonds is 5. The molecule has 0 bridgehead atoms. The van der Waals surface area contributed by atoms with Gasteiger partial charge in [-0.15, -0.1) is 0 Å². The maximum absolute atomic E-state index is 8.29.